The van der Waals surface area contributed by atoms with Gasteiger partial charge in [0.2, 0.25) is 0 Å². The van der Waals surface area contributed by atoms with Gasteiger partial charge in [0, 0.05) is 43.1 Å². The molecular formula is C17H26N4. The molecule has 0 bridgehead atoms. The summed E-state index contributed by atoms with van der Waals surface area (Å²) in [4.78, 5) is 2.55. The van der Waals surface area contributed by atoms with Crippen LogP contribution in [0.15, 0.2) is 24.3 Å². The average molecular weight is 286 g/mol. The number of fused-ring (bicyclic) bond motifs is 1. The Hall–Kier alpha value is -1.39. The number of hydrogen-bond donors (Lipinski definition) is 1. The fourth-order valence-electron chi connectivity index (χ4n) is 3.17. The van der Waals surface area contributed by atoms with Crippen LogP contribution in [0, 0.1) is 0 Å². The van der Waals surface area contributed by atoms with Gasteiger partial charge in [-0.1, -0.05) is 18.2 Å². The molecule has 114 valence electrons. The van der Waals surface area contributed by atoms with E-state index < -0.39 is 0 Å². The molecule has 1 fully saturated rings. The molecule has 0 amide bonds. The molecule has 4 nitrogen and oxygen atoms in total. The summed E-state index contributed by atoms with van der Waals surface area (Å²) in [6.45, 7) is 12.1. The zero-order chi connectivity index (χ0) is 15.3. The van der Waals surface area contributed by atoms with E-state index in [1.54, 1.807) is 0 Å². The number of rotatable bonds is 2. The van der Waals surface area contributed by atoms with Gasteiger partial charge in [0.25, 0.3) is 0 Å². The van der Waals surface area contributed by atoms with Crippen LogP contribution in [-0.4, -0.2) is 38.8 Å². The Balaban J connectivity index is 1.93. The smallest absolute Gasteiger partial charge is 0.0843 e. The Morgan fingerprint density at radius 1 is 1.19 bits per heavy atom. The van der Waals surface area contributed by atoms with Crippen molar-refractivity contribution >= 4 is 10.9 Å². The van der Waals surface area contributed by atoms with Crippen LogP contribution in [0.5, 0.6) is 0 Å². The van der Waals surface area contributed by atoms with E-state index in [9.17, 15) is 0 Å². The fraction of sp³-hybridized carbons (Fsp3) is 0.588. The first kappa shape index (κ1) is 14.5. The van der Waals surface area contributed by atoms with E-state index >= 15 is 0 Å². The quantitative estimate of drug-likeness (QED) is 0.921. The van der Waals surface area contributed by atoms with Crippen LogP contribution < -0.4 is 5.32 Å². The zero-order valence-corrected chi connectivity index (χ0v) is 13.8. The lowest BCUT2D eigenvalue weighted by molar-refractivity contribution is 0.0316. The summed E-state index contributed by atoms with van der Waals surface area (Å²) in [6, 6.07) is 8.49. The summed E-state index contributed by atoms with van der Waals surface area (Å²) >= 11 is 0. The number of aryl methyl sites for hydroxylation is 1. The first-order valence-corrected chi connectivity index (χ1v) is 7.69. The van der Waals surface area contributed by atoms with Crippen LogP contribution in [0.2, 0.25) is 0 Å². The molecule has 1 aliphatic heterocycles. The van der Waals surface area contributed by atoms with Crippen molar-refractivity contribution in [2.45, 2.75) is 45.3 Å². The minimum Gasteiger partial charge on any atom is -0.309 e. The van der Waals surface area contributed by atoms with Crippen LogP contribution in [0.25, 0.3) is 10.9 Å². The molecule has 1 aromatic heterocycles. The van der Waals surface area contributed by atoms with Crippen molar-refractivity contribution in [3.8, 4) is 0 Å². The standard InChI is InChI=1S/C17H26N4/c1-16(2)12-21(17(3,4)11-18-16)10-14-13-8-6-7-9-15(13)20(5)19-14/h6-9,18H,10-12H2,1-5H3. The summed E-state index contributed by atoms with van der Waals surface area (Å²) in [5, 5.41) is 9.66. The van der Waals surface area contributed by atoms with Crippen molar-refractivity contribution in [3.63, 3.8) is 0 Å². The number of benzene rings is 1. The van der Waals surface area contributed by atoms with Crippen molar-refractivity contribution < 1.29 is 0 Å². The zero-order valence-electron chi connectivity index (χ0n) is 13.8. The molecule has 2 aromatic rings. The third kappa shape index (κ3) is 2.70. The second kappa shape index (κ2) is 4.82. The van der Waals surface area contributed by atoms with Crippen molar-refractivity contribution in [2.75, 3.05) is 13.1 Å². The predicted octanol–water partition coefficient (Wildman–Crippen LogP) is 2.54. The third-order valence-corrected chi connectivity index (χ3v) is 4.62. The largest absolute Gasteiger partial charge is 0.309 e. The van der Waals surface area contributed by atoms with E-state index in [4.69, 9.17) is 5.10 Å². The first-order valence-electron chi connectivity index (χ1n) is 7.69. The van der Waals surface area contributed by atoms with Gasteiger partial charge in [-0.15, -0.1) is 0 Å². The topological polar surface area (TPSA) is 33.1 Å². The minimum absolute atomic E-state index is 0.147. The van der Waals surface area contributed by atoms with Gasteiger partial charge in [0.15, 0.2) is 0 Å². The maximum Gasteiger partial charge on any atom is 0.0843 e. The number of aromatic nitrogens is 2. The SMILES string of the molecule is Cn1nc(CN2CC(C)(C)NCC2(C)C)c2ccccc21. The van der Waals surface area contributed by atoms with Gasteiger partial charge in [0.05, 0.1) is 11.2 Å². The second-order valence-electron chi connectivity index (χ2n) is 7.49. The van der Waals surface area contributed by atoms with Crippen molar-refractivity contribution in [3.05, 3.63) is 30.0 Å². The Bertz CT molecular complexity index is 654. The molecule has 0 unspecified atom stereocenters. The highest BCUT2D eigenvalue weighted by molar-refractivity contribution is 5.81. The molecule has 3 rings (SSSR count). The lowest BCUT2D eigenvalue weighted by Gasteiger charge is -2.49. The molecule has 1 aromatic carbocycles. The van der Waals surface area contributed by atoms with E-state index in [2.05, 4.69) is 62.2 Å². The predicted molar refractivity (Wildman–Crippen MR) is 87.3 cm³/mol. The molecule has 1 aliphatic rings. The molecule has 4 heteroatoms. The number of nitrogens with zero attached hydrogens (tertiary/aromatic N) is 3. The number of para-hydroxylation sites is 1. The van der Waals surface area contributed by atoms with Crippen LogP contribution >= 0.6 is 0 Å². The van der Waals surface area contributed by atoms with Crippen molar-refractivity contribution in [1.82, 2.24) is 20.0 Å². The fourth-order valence-corrected chi connectivity index (χ4v) is 3.17. The van der Waals surface area contributed by atoms with E-state index in [1.807, 2.05) is 11.7 Å². The van der Waals surface area contributed by atoms with Gasteiger partial charge in [0.1, 0.15) is 0 Å². The van der Waals surface area contributed by atoms with Crippen LogP contribution in [0.4, 0.5) is 0 Å². The summed E-state index contributed by atoms with van der Waals surface area (Å²) in [6.07, 6.45) is 0. The molecule has 1 N–H and O–H groups in total. The van der Waals surface area contributed by atoms with E-state index in [0.29, 0.717) is 0 Å². The van der Waals surface area contributed by atoms with E-state index in [-0.39, 0.29) is 11.1 Å². The Morgan fingerprint density at radius 2 is 1.90 bits per heavy atom. The molecule has 0 radical (unpaired) electrons. The monoisotopic (exact) mass is 286 g/mol. The maximum atomic E-state index is 4.75. The Morgan fingerprint density at radius 3 is 2.67 bits per heavy atom. The summed E-state index contributed by atoms with van der Waals surface area (Å²) in [5.41, 5.74) is 2.69. The van der Waals surface area contributed by atoms with Gasteiger partial charge in [-0.3, -0.25) is 9.58 Å². The van der Waals surface area contributed by atoms with E-state index in [0.717, 1.165) is 19.6 Å². The summed E-state index contributed by atoms with van der Waals surface area (Å²) < 4.78 is 1.99. The molecule has 2 heterocycles. The Labute approximate surface area is 127 Å². The van der Waals surface area contributed by atoms with Crippen LogP contribution in [0.1, 0.15) is 33.4 Å². The van der Waals surface area contributed by atoms with E-state index in [1.165, 1.54) is 16.6 Å². The molecular weight excluding hydrogens is 260 g/mol. The van der Waals surface area contributed by atoms with Gasteiger partial charge in [-0.2, -0.15) is 5.10 Å². The normalized spacial score (nSPS) is 21.8. The highest BCUT2D eigenvalue weighted by Crippen LogP contribution is 2.27. The minimum atomic E-state index is 0.147. The lowest BCUT2D eigenvalue weighted by atomic mass is 9.91. The van der Waals surface area contributed by atoms with Crippen LogP contribution in [0.3, 0.4) is 0 Å². The van der Waals surface area contributed by atoms with Crippen molar-refractivity contribution in [1.29, 1.82) is 0 Å². The molecule has 0 spiro atoms. The van der Waals surface area contributed by atoms with Gasteiger partial charge in [-0.05, 0) is 33.8 Å². The number of nitrogens with one attached hydrogen (secondary N) is 1. The molecule has 1 saturated heterocycles. The highest BCUT2D eigenvalue weighted by atomic mass is 15.3. The molecule has 0 aliphatic carbocycles. The molecule has 0 saturated carbocycles. The molecule has 0 atom stereocenters. The average Bonchev–Trinajstić information content (AvgIpc) is 2.72. The lowest BCUT2D eigenvalue weighted by Crippen LogP contribution is -2.65. The highest BCUT2D eigenvalue weighted by Gasteiger charge is 2.37. The summed E-state index contributed by atoms with van der Waals surface area (Å²) in [7, 11) is 2.03. The van der Waals surface area contributed by atoms with Crippen LogP contribution in [-0.2, 0) is 13.6 Å². The van der Waals surface area contributed by atoms with Gasteiger partial charge < -0.3 is 5.32 Å². The molecule has 21 heavy (non-hydrogen) atoms. The Kier molecular flexibility index (Phi) is 3.34. The summed E-state index contributed by atoms with van der Waals surface area (Å²) in [5.74, 6) is 0. The van der Waals surface area contributed by atoms with Gasteiger partial charge in [-0.25, -0.2) is 0 Å². The van der Waals surface area contributed by atoms with Crippen molar-refractivity contribution in [2.24, 2.45) is 7.05 Å². The third-order valence-electron chi connectivity index (χ3n) is 4.62. The van der Waals surface area contributed by atoms with Gasteiger partial charge >= 0.3 is 0 Å². The maximum absolute atomic E-state index is 4.75. The number of piperazine rings is 1. The first-order chi connectivity index (χ1) is 9.78. The number of hydrogen-bond acceptors (Lipinski definition) is 3. The second-order valence-corrected chi connectivity index (χ2v) is 7.49.